The SMILES string of the molecule is O=C(NCCO)c1ccc2ccc(F)cc2n1. The van der Waals surface area contributed by atoms with Crippen molar-refractivity contribution in [2.75, 3.05) is 13.2 Å². The molecule has 0 aliphatic carbocycles. The lowest BCUT2D eigenvalue weighted by Gasteiger charge is -2.04. The second kappa shape index (κ2) is 4.88. The van der Waals surface area contributed by atoms with Crippen LogP contribution in [0.15, 0.2) is 30.3 Å². The van der Waals surface area contributed by atoms with Crippen LogP contribution in [0.4, 0.5) is 4.39 Å². The van der Waals surface area contributed by atoms with Crippen LogP contribution in [0.2, 0.25) is 0 Å². The van der Waals surface area contributed by atoms with E-state index in [-0.39, 0.29) is 24.8 Å². The van der Waals surface area contributed by atoms with E-state index < -0.39 is 5.82 Å². The van der Waals surface area contributed by atoms with E-state index in [0.717, 1.165) is 5.39 Å². The number of fused-ring (bicyclic) bond motifs is 1. The minimum absolute atomic E-state index is 0.131. The molecule has 0 aliphatic rings. The summed E-state index contributed by atoms with van der Waals surface area (Å²) in [5, 5.41) is 11.8. The van der Waals surface area contributed by atoms with Gasteiger partial charge >= 0.3 is 0 Å². The monoisotopic (exact) mass is 234 g/mol. The lowest BCUT2D eigenvalue weighted by molar-refractivity contribution is 0.0940. The van der Waals surface area contributed by atoms with Crippen molar-refractivity contribution in [3.63, 3.8) is 0 Å². The van der Waals surface area contributed by atoms with Gasteiger partial charge in [-0.1, -0.05) is 6.07 Å². The number of carbonyl (C=O) groups excluding carboxylic acids is 1. The summed E-state index contributed by atoms with van der Waals surface area (Å²) in [6.45, 7) is 0.0374. The first kappa shape index (κ1) is 11.5. The van der Waals surface area contributed by atoms with Crippen molar-refractivity contribution >= 4 is 16.8 Å². The molecule has 1 aromatic heterocycles. The molecule has 1 heterocycles. The molecule has 2 rings (SSSR count). The third-order valence-corrected chi connectivity index (χ3v) is 2.28. The molecule has 0 aliphatic heterocycles. The number of benzene rings is 1. The van der Waals surface area contributed by atoms with E-state index in [9.17, 15) is 9.18 Å². The number of nitrogens with one attached hydrogen (secondary N) is 1. The zero-order chi connectivity index (χ0) is 12.3. The number of hydrogen-bond donors (Lipinski definition) is 2. The third-order valence-electron chi connectivity index (χ3n) is 2.28. The molecule has 1 amide bonds. The van der Waals surface area contributed by atoms with Crippen LogP contribution in [0.1, 0.15) is 10.5 Å². The Hall–Kier alpha value is -2.01. The number of aliphatic hydroxyl groups is 1. The molecule has 0 saturated heterocycles. The van der Waals surface area contributed by atoms with Gasteiger partial charge in [-0.05, 0) is 18.2 Å². The van der Waals surface area contributed by atoms with Crippen LogP contribution >= 0.6 is 0 Å². The van der Waals surface area contributed by atoms with Crippen molar-refractivity contribution in [2.45, 2.75) is 0 Å². The van der Waals surface area contributed by atoms with Gasteiger partial charge in [0.1, 0.15) is 11.5 Å². The summed E-state index contributed by atoms with van der Waals surface area (Å²) in [5.74, 6) is -0.775. The molecule has 0 fully saturated rings. The highest BCUT2D eigenvalue weighted by atomic mass is 19.1. The quantitative estimate of drug-likeness (QED) is 0.835. The summed E-state index contributed by atoms with van der Waals surface area (Å²) >= 11 is 0. The summed E-state index contributed by atoms with van der Waals surface area (Å²) in [4.78, 5) is 15.6. The van der Waals surface area contributed by atoms with E-state index in [1.165, 1.54) is 12.1 Å². The fourth-order valence-corrected chi connectivity index (χ4v) is 1.48. The van der Waals surface area contributed by atoms with Crippen molar-refractivity contribution in [1.29, 1.82) is 0 Å². The molecule has 0 bridgehead atoms. The number of nitrogens with zero attached hydrogens (tertiary/aromatic N) is 1. The van der Waals surface area contributed by atoms with E-state index in [1.54, 1.807) is 18.2 Å². The van der Waals surface area contributed by atoms with Crippen LogP contribution in [0, 0.1) is 5.82 Å². The third kappa shape index (κ3) is 2.57. The van der Waals surface area contributed by atoms with Gasteiger partial charge in [-0.25, -0.2) is 9.37 Å². The molecule has 0 unspecified atom stereocenters. The van der Waals surface area contributed by atoms with Crippen molar-refractivity contribution < 1.29 is 14.3 Å². The van der Waals surface area contributed by atoms with E-state index in [4.69, 9.17) is 5.11 Å². The van der Waals surface area contributed by atoms with Crippen molar-refractivity contribution in [1.82, 2.24) is 10.3 Å². The summed E-state index contributed by atoms with van der Waals surface area (Å²) < 4.78 is 13.0. The van der Waals surface area contributed by atoms with Gasteiger partial charge in [0.25, 0.3) is 5.91 Å². The number of aromatic nitrogens is 1. The number of hydrogen-bond acceptors (Lipinski definition) is 3. The molecule has 0 atom stereocenters. The van der Waals surface area contributed by atoms with Crippen molar-refractivity contribution in [3.8, 4) is 0 Å². The van der Waals surface area contributed by atoms with Crippen LogP contribution in [-0.4, -0.2) is 29.1 Å². The number of pyridine rings is 1. The largest absolute Gasteiger partial charge is 0.395 e. The number of halogens is 1. The summed E-state index contributed by atoms with van der Waals surface area (Å²) in [6, 6.07) is 7.49. The molecule has 88 valence electrons. The predicted molar refractivity (Wildman–Crippen MR) is 61.1 cm³/mol. The first-order valence-electron chi connectivity index (χ1n) is 5.16. The Morgan fingerprint density at radius 3 is 2.88 bits per heavy atom. The fourth-order valence-electron chi connectivity index (χ4n) is 1.48. The second-order valence-electron chi connectivity index (χ2n) is 3.51. The van der Waals surface area contributed by atoms with Crippen LogP contribution in [-0.2, 0) is 0 Å². The Morgan fingerprint density at radius 1 is 1.35 bits per heavy atom. The Bertz CT molecular complexity index is 557. The number of amides is 1. The number of carbonyl (C=O) groups is 1. The molecule has 17 heavy (non-hydrogen) atoms. The molecule has 0 spiro atoms. The molecule has 0 radical (unpaired) electrons. The van der Waals surface area contributed by atoms with Gasteiger partial charge in [0, 0.05) is 18.0 Å². The maximum Gasteiger partial charge on any atom is 0.269 e. The molecule has 5 heteroatoms. The van der Waals surface area contributed by atoms with E-state index in [0.29, 0.717) is 5.52 Å². The molecular formula is C12H11FN2O2. The molecule has 2 aromatic rings. The van der Waals surface area contributed by atoms with E-state index in [2.05, 4.69) is 10.3 Å². The fraction of sp³-hybridized carbons (Fsp3) is 0.167. The topological polar surface area (TPSA) is 62.2 Å². The lowest BCUT2D eigenvalue weighted by Crippen LogP contribution is -2.27. The molecule has 1 aromatic carbocycles. The highest BCUT2D eigenvalue weighted by Crippen LogP contribution is 2.13. The molecule has 2 N–H and O–H groups in total. The summed E-state index contributed by atoms with van der Waals surface area (Å²) in [7, 11) is 0. The smallest absolute Gasteiger partial charge is 0.269 e. The van der Waals surface area contributed by atoms with Gasteiger partial charge in [-0.2, -0.15) is 0 Å². The average molecular weight is 234 g/mol. The van der Waals surface area contributed by atoms with Gasteiger partial charge < -0.3 is 10.4 Å². The lowest BCUT2D eigenvalue weighted by atomic mass is 10.2. The first-order chi connectivity index (χ1) is 8.20. The van der Waals surface area contributed by atoms with Gasteiger partial charge in [-0.15, -0.1) is 0 Å². The van der Waals surface area contributed by atoms with Gasteiger partial charge in [0.05, 0.1) is 12.1 Å². The average Bonchev–Trinajstić information content (AvgIpc) is 2.35. The van der Waals surface area contributed by atoms with E-state index >= 15 is 0 Å². The van der Waals surface area contributed by atoms with Crippen LogP contribution in [0.25, 0.3) is 10.9 Å². The maximum absolute atomic E-state index is 13.0. The van der Waals surface area contributed by atoms with Gasteiger partial charge in [0.2, 0.25) is 0 Å². The maximum atomic E-state index is 13.0. The first-order valence-corrected chi connectivity index (χ1v) is 5.16. The predicted octanol–water partition coefficient (Wildman–Crippen LogP) is 1.10. The second-order valence-corrected chi connectivity index (χ2v) is 3.51. The van der Waals surface area contributed by atoms with Crippen molar-refractivity contribution in [3.05, 3.63) is 41.8 Å². The normalized spacial score (nSPS) is 10.5. The van der Waals surface area contributed by atoms with E-state index in [1.807, 2.05) is 0 Å². The molecule has 0 saturated carbocycles. The Labute approximate surface area is 97.1 Å². The standard InChI is InChI=1S/C12H11FN2O2/c13-9-3-1-8-2-4-10(15-11(8)7-9)12(17)14-5-6-16/h1-4,7,16H,5-6H2,(H,14,17). The number of aliphatic hydroxyl groups excluding tert-OH is 1. The minimum Gasteiger partial charge on any atom is -0.395 e. The summed E-state index contributed by atoms with van der Waals surface area (Å²) in [5.41, 5.74) is 0.637. The zero-order valence-corrected chi connectivity index (χ0v) is 8.98. The number of rotatable bonds is 3. The zero-order valence-electron chi connectivity index (χ0n) is 8.98. The van der Waals surface area contributed by atoms with Crippen LogP contribution in [0.5, 0.6) is 0 Å². The Kier molecular flexibility index (Phi) is 3.30. The highest BCUT2D eigenvalue weighted by molar-refractivity contribution is 5.94. The summed E-state index contributed by atoms with van der Waals surface area (Å²) in [6.07, 6.45) is 0. The Balaban J connectivity index is 2.33. The van der Waals surface area contributed by atoms with Crippen LogP contribution < -0.4 is 5.32 Å². The van der Waals surface area contributed by atoms with Gasteiger partial charge in [0.15, 0.2) is 0 Å². The molecular weight excluding hydrogens is 223 g/mol. The highest BCUT2D eigenvalue weighted by Gasteiger charge is 2.07. The van der Waals surface area contributed by atoms with Gasteiger partial charge in [-0.3, -0.25) is 4.79 Å². The Morgan fingerprint density at radius 2 is 2.12 bits per heavy atom. The van der Waals surface area contributed by atoms with Crippen LogP contribution in [0.3, 0.4) is 0 Å². The molecule has 4 nitrogen and oxygen atoms in total. The van der Waals surface area contributed by atoms with Crippen molar-refractivity contribution in [2.24, 2.45) is 0 Å². The minimum atomic E-state index is -0.391.